The average molecular weight is 317 g/mol. The lowest BCUT2D eigenvalue weighted by Crippen LogP contribution is -2.29. The van der Waals surface area contributed by atoms with Gasteiger partial charge >= 0.3 is 11.1 Å². The quantitative estimate of drug-likeness (QED) is 0.320. The van der Waals surface area contributed by atoms with Gasteiger partial charge in [-0.15, -0.1) is 12.4 Å². The molecule has 0 saturated carbocycles. The first-order valence-corrected chi connectivity index (χ1v) is 5.81. The van der Waals surface area contributed by atoms with E-state index in [-0.39, 0.29) is 30.2 Å². The second-order valence-corrected chi connectivity index (χ2v) is 3.95. The number of aromatic nitrogens is 2. The zero-order valence-corrected chi connectivity index (χ0v) is 11.8. The number of rotatable bonds is 5. The number of nitro benzene ring substituents is 1. The van der Waals surface area contributed by atoms with Crippen LogP contribution in [0.4, 0.5) is 5.69 Å². The van der Waals surface area contributed by atoms with Crippen molar-refractivity contribution in [3.05, 3.63) is 48.5 Å². The minimum atomic E-state index is -0.860. The van der Waals surface area contributed by atoms with E-state index in [0.717, 1.165) is 0 Å². The Kier molecular flexibility index (Phi) is 5.59. The molecular formula is C11H13ClN4O5. The summed E-state index contributed by atoms with van der Waals surface area (Å²) < 4.78 is 0. The highest BCUT2D eigenvalue weighted by molar-refractivity contribution is 5.85. The van der Waals surface area contributed by atoms with Crippen LogP contribution in [-0.2, 0) is 11.4 Å². The molecule has 0 amide bonds. The molecule has 0 aliphatic carbocycles. The standard InChI is InChI=1S/C11H12N4O5.ClH/c1-2-20-12-5-6-3-7(15(18)19)4-8-9(6)14-11(17)10(16)13-8;/h3-4,12H,2,5H2,1H3,(H,13,16)(H,14,17);1H. The summed E-state index contributed by atoms with van der Waals surface area (Å²) >= 11 is 0. The zero-order valence-electron chi connectivity index (χ0n) is 11.0. The van der Waals surface area contributed by atoms with Crippen molar-refractivity contribution in [3.63, 3.8) is 0 Å². The molecule has 2 aromatic rings. The smallest absolute Gasteiger partial charge is 0.314 e. The van der Waals surface area contributed by atoms with E-state index in [0.29, 0.717) is 17.7 Å². The molecule has 0 saturated heterocycles. The third-order valence-electron chi connectivity index (χ3n) is 2.62. The van der Waals surface area contributed by atoms with E-state index in [1.165, 1.54) is 12.1 Å². The molecule has 0 atom stereocenters. The maximum Gasteiger partial charge on any atom is 0.314 e. The van der Waals surface area contributed by atoms with Crippen LogP contribution in [0.1, 0.15) is 12.5 Å². The average Bonchev–Trinajstić information content (AvgIpc) is 2.40. The molecule has 0 radical (unpaired) electrons. The summed E-state index contributed by atoms with van der Waals surface area (Å²) in [5.41, 5.74) is 1.70. The van der Waals surface area contributed by atoms with E-state index in [9.17, 15) is 19.7 Å². The summed E-state index contributed by atoms with van der Waals surface area (Å²) in [5, 5.41) is 10.9. The Labute approximate surface area is 123 Å². The molecule has 1 aromatic heterocycles. The van der Waals surface area contributed by atoms with Crippen LogP contribution in [-0.4, -0.2) is 21.5 Å². The molecule has 3 N–H and O–H groups in total. The number of benzene rings is 1. The molecular weight excluding hydrogens is 304 g/mol. The first-order valence-electron chi connectivity index (χ1n) is 5.81. The van der Waals surface area contributed by atoms with Gasteiger partial charge in [-0.05, 0) is 6.92 Å². The molecule has 0 spiro atoms. The van der Waals surface area contributed by atoms with Crippen molar-refractivity contribution in [2.45, 2.75) is 13.5 Å². The minimum absolute atomic E-state index is 0. The molecule has 0 unspecified atom stereocenters. The lowest BCUT2D eigenvalue weighted by molar-refractivity contribution is -0.384. The molecule has 0 aliphatic heterocycles. The number of H-pyrrole nitrogens is 2. The summed E-state index contributed by atoms with van der Waals surface area (Å²) in [7, 11) is 0. The first kappa shape index (κ1) is 16.8. The number of non-ortho nitro benzene ring substituents is 1. The van der Waals surface area contributed by atoms with Gasteiger partial charge in [0.05, 0.1) is 22.6 Å². The summed E-state index contributed by atoms with van der Waals surface area (Å²) in [6.45, 7) is 2.34. The van der Waals surface area contributed by atoms with Gasteiger partial charge in [0.2, 0.25) is 0 Å². The predicted molar refractivity (Wildman–Crippen MR) is 77.6 cm³/mol. The van der Waals surface area contributed by atoms with Gasteiger partial charge in [-0.1, -0.05) is 0 Å². The summed E-state index contributed by atoms with van der Waals surface area (Å²) in [6.07, 6.45) is 0. The highest BCUT2D eigenvalue weighted by Gasteiger charge is 2.13. The van der Waals surface area contributed by atoms with Crippen molar-refractivity contribution in [1.29, 1.82) is 0 Å². The van der Waals surface area contributed by atoms with Crippen molar-refractivity contribution >= 4 is 29.1 Å². The van der Waals surface area contributed by atoms with E-state index in [4.69, 9.17) is 4.84 Å². The van der Waals surface area contributed by atoms with Crippen molar-refractivity contribution in [2.75, 3.05) is 6.61 Å². The normalized spacial score (nSPS) is 10.3. The Morgan fingerprint density at radius 2 is 1.95 bits per heavy atom. The number of halogens is 1. The molecule has 1 aromatic carbocycles. The molecule has 0 aliphatic rings. The predicted octanol–water partition coefficient (Wildman–Crippen LogP) is 0.587. The van der Waals surface area contributed by atoms with Gasteiger partial charge in [-0.25, -0.2) is 0 Å². The summed E-state index contributed by atoms with van der Waals surface area (Å²) in [4.78, 5) is 42.6. The molecule has 2 rings (SSSR count). The van der Waals surface area contributed by atoms with Crippen LogP contribution in [0.3, 0.4) is 0 Å². The monoisotopic (exact) mass is 316 g/mol. The van der Waals surface area contributed by atoms with E-state index in [1.54, 1.807) is 6.92 Å². The van der Waals surface area contributed by atoms with Crippen LogP contribution in [0.5, 0.6) is 0 Å². The number of aromatic amines is 2. The highest BCUT2D eigenvalue weighted by Crippen LogP contribution is 2.21. The Morgan fingerprint density at radius 1 is 1.29 bits per heavy atom. The molecule has 1 heterocycles. The largest absolute Gasteiger partial charge is 0.316 e. The van der Waals surface area contributed by atoms with Gasteiger partial charge in [0, 0.05) is 24.2 Å². The van der Waals surface area contributed by atoms with Gasteiger partial charge in [-0.3, -0.25) is 19.7 Å². The fourth-order valence-electron chi connectivity index (χ4n) is 1.76. The van der Waals surface area contributed by atoms with Gasteiger partial charge in [-0.2, -0.15) is 5.48 Å². The first-order chi connectivity index (χ1) is 9.52. The second-order valence-electron chi connectivity index (χ2n) is 3.95. The Balaban J connectivity index is 0.00000220. The van der Waals surface area contributed by atoms with E-state index in [1.807, 2.05) is 0 Å². The second kappa shape index (κ2) is 6.97. The lowest BCUT2D eigenvalue weighted by Gasteiger charge is -2.07. The molecule has 114 valence electrons. The van der Waals surface area contributed by atoms with Gasteiger partial charge < -0.3 is 14.8 Å². The summed E-state index contributed by atoms with van der Waals surface area (Å²) in [6, 6.07) is 2.50. The zero-order chi connectivity index (χ0) is 14.7. The van der Waals surface area contributed by atoms with Gasteiger partial charge in [0.1, 0.15) is 0 Å². The van der Waals surface area contributed by atoms with Crippen LogP contribution in [0.15, 0.2) is 21.7 Å². The van der Waals surface area contributed by atoms with Crippen LogP contribution in [0, 0.1) is 10.1 Å². The maximum absolute atomic E-state index is 11.3. The number of nitrogens with one attached hydrogen (secondary N) is 3. The van der Waals surface area contributed by atoms with Crippen LogP contribution in [0.2, 0.25) is 0 Å². The SMILES string of the molecule is CCONCc1cc([N+](=O)[O-])cc2[nH]c(=O)c(=O)[nH]c12.Cl. The molecule has 9 nitrogen and oxygen atoms in total. The van der Waals surface area contributed by atoms with Gasteiger partial charge in [0.15, 0.2) is 0 Å². The Morgan fingerprint density at radius 3 is 2.57 bits per heavy atom. The molecule has 0 fully saturated rings. The van der Waals surface area contributed by atoms with Crippen molar-refractivity contribution < 1.29 is 9.76 Å². The van der Waals surface area contributed by atoms with E-state index >= 15 is 0 Å². The van der Waals surface area contributed by atoms with Crippen molar-refractivity contribution in [2.24, 2.45) is 0 Å². The van der Waals surface area contributed by atoms with E-state index < -0.39 is 16.0 Å². The van der Waals surface area contributed by atoms with Crippen LogP contribution < -0.4 is 16.6 Å². The number of fused-ring (bicyclic) bond motifs is 1. The number of nitro groups is 1. The third kappa shape index (κ3) is 3.66. The fraction of sp³-hybridized carbons (Fsp3) is 0.273. The van der Waals surface area contributed by atoms with Crippen LogP contribution in [0.25, 0.3) is 11.0 Å². The summed E-state index contributed by atoms with van der Waals surface area (Å²) in [5.74, 6) is 0. The van der Waals surface area contributed by atoms with Crippen LogP contribution >= 0.6 is 12.4 Å². The minimum Gasteiger partial charge on any atom is -0.316 e. The maximum atomic E-state index is 11.3. The number of hydrogen-bond acceptors (Lipinski definition) is 6. The number of hydrogen-bond donors (Lipinski definition) is 3. The molecule has 21 heavy (non-hydrogen) atoms. The topological polar surface area (TPSA) is 130 Å². The molecule has 10 heteroatoms. The Bertz CT molecular complexity index is 769. The number of nitrogens with zero attached hydrogens (tertiary/aromatic N) is 1. The highest BCUT2D eigenvalue weighted by atomic mass is 35.5. The van der Waals surface area contributed by atoms with Crippen molar-refractivity contribution in [1.82, 2.24) is 15.4 Å². The third-order valence-corrected chi connectivity index (χ3v) is 2.62. The van der Waals surface area contributed by atoms with Crippen molar-refractivity contribution in [3.8, 4) is 0 Å². The Hall–Kier alpha value is -2.23. The lowest BCUT2D eigenvalue weighted by atomic mass is 10.1. The number of hydroxylamine groups is 1. The van der Waals surface area contributed by atoms with Gasteiger partial charge in [0.25, 0.3) is 5.69 Å². The molecule has 0 bridgehead atoms. The van der Waals surface area contributed by atoms with E-state index in [2.05, 4.69) is 15.4 Å². The fourth-order valence-corrected chi connectivity index (χ4v) is 1.76.